The summed E-state index contributed by atoms with van der Waals surface area (Å²) < 4.78 is 1.15. The van der Waals surface area contributed by atoms with E-state index in [0.29, 0.717) is 6.04 Å². The molecule has 0 spiro atoms. The molecular weight excluding hydrogens is 286 g/mol. The average Bonchev–Trinajstić information content (AvgIpc) is 2.41. The van der Waals surface area contributed by atoms with Gasteiger partial charge in [-0.2, -0.15) is 0 Å². The van der Waals surface area contributed by atoms with Gasteiger partial charge in [0.05, 0.1) is 0 Å². The summed E-state index contributed by atoms with van der Waals surface area (Å²) in [5, 5.41) is 3.65. The number of hydrogen-bond acceptors (Lipinski definition) is 1. The van der Waals surface area contributed by atoms with Crippen molar-refractivity contribution in [1.82, 2.24) is 0 Å². The van der Waals surface area contributed by atoms with E-state index in [1.807, 2.05) is 0 Å². The van der Waals surface area contributed by atoms with Gasteiger partial charge in [0, 0.05) is 16.2 Å². The number of benzene rings is 2. The van der Waals surface area contributed by atoms with Crippen LogP contribution in [-0.4, -0.2) is 6.04 Å². The highest BCUT2D eigenvalue weighted by molar-refractivity contribution is 9.10. The van der Waals surface area contributed by atoms with Crippen molar-refractivity contribution in [1.29, 1.82) is 0 Å². The molecular formula is C16H16BrN. The fourth-order valence-electron chi connectivity index (χ4n) is 2.56. The van der Waals surface area contributed by atoms with Crippen LogP contribution in [-0.2, 0) is 12.8 Å². The molecule has 1 nitrogen and oxygen atoms in total. The van der Waals surface area contributed by atoms with E-state index < -0.39 is 0 Å². The van der Waals surface area contributed by atoms with E-state index in [1.165, 1.54) is 29.7 Å². The van der Waals surface area contributed by atoms with Crippen LogP contribution >= 0.6 is 15.9 Å². The van der Waals surface area contributed by atoms with Gasteiger partial charge in [0.2, 0.25) is 0 Å². The van der Waals surface area contributed by atoms with Gasteiger partial charge in [-0.05, 0) is 48.6 Å². The number of aryl methyl sites for hydroxylation is 1. The number of nitrogens with one attached hydrogen (secondary N) is 1. The zero-order valence-corrected chi connectivity index (χ0v) is 11.8. The van der Waals surface area contributed by atoms with Crippen LogP contribution in [0, 0.1) is 0 Å². The maximum Gasteiger partial charge on any atom is 0.0374 e. The maximum absolute atomic E-state index is 3.65. The van der Waals surface area contributed by atoms with Gasteiger partial charge in [-0.15, -0.1) is 0 Å². The lowest BCUT2D eigenvalue weighted by Gasteiger charge is -2.27. The van der Waals surface area contributed by atoms with E-state index in [-0.39, 0.29) is 0 Å². The Morgan fingerprint density at radius 2 is 1.83 bits per heavy atom. The molecule has 1 unspecified atom stereocenters. The van der Waals surface area contributed by atoms with Gasteiger partial charge in [-0.25, -0.2) is 0 Å². The maximum atomic E-state index is 3.65. The van der Waals surface area contributed by atoms with Gasteiger partial charge in [-0.3, -0.25) is 0 Å². The molecule has 1 aliphatic heterocycles. The molecule has 1 atom stereocenters. The first kappa shape index (κ1) is 11.8. The highest BCUT2D eigenvalue weighted by atomic mass is 79.9. The van der Waals surface area contributed by atoms with Crippen molar-refractivity contribution in [3.63, 3.8) is 0 Å². The third-order valence-electron chi connectivity index (χ3n) is 3.53. The molecule has 2 aromatic carbocycles. The number of halogens is 1. The Labute approximate surface area is 116 Å². The van der Waals surface area contributed by atoms with Crippen LogP contribution in [0.4, 0.5) is 5.69 Å². The highest BCUT2D eigenvalue weighted by Crippen LogP contribution is 2.26. The number of para-hydroxylation sites is 1. The van der Waals surface area contributed by atoms with E-state index in [9.17, 15) is 0 Å². The number of rotatable bonds is 2. The van der Waals surface area contributed by atoms with Crippen molar-refractivity contribution in [3.05, 3.63) is 64.1 Å². The first-order valence-corrected chi connectivity index (χ1v) is 7.19. The van der Waals surface area contributed by atoms with Gasteiger partial charge < -0.3 is 5.32 Å². The Morgan fingerprint density at radius 1 is 1.06 bits per heavy atom. The van der Waals surface area contributed by atoms with E-state index >= 15 is 0 Å². The van der Waals surface area contributed by atoms with Crippen LogP contribution in [0.25, 0.3) is 0 Å². The zero-order valence-electron chi connectivity index (χ0n) is 10.2. The normalized spacial score (nSPS) is 17.9. The third-order valence-corrected chi connectivity index (χ3v) is 4.06. The Balaban J connectivity index is 1.71. The quantitative estimate of drug-likeness (QED) is 0.866. The summed E-state index contributed by atoms with van der Waals surface area (Å²) in [5.41, 5.74) is 4.16. The predicted molar refractivity (Wildman–Crippen MR) is 80.0 cm³/mol. The molecule has 92 valence electrons. The first-order chi connectivity index (χ1) is 8.81. The zero-order chi connectivity index (χ0) is 12.4. The van der Waals surface area contributed by atoms with E-state index in [0.717, 1.165) is 10.9 Å². The molecule has 2 heteroatoms. The van der Waals surface area contributed by atoms with Crippen LogP contribution in [0.1, 0.15) is 17.5 Å². The summed E-state index contributed by atoms with van der Waals surface area (Å²) in [6.07, 6.45) is 3.50. The number of hydrogen-bond donors (Lipinski definition) is 1. The van der Waals surface area contributed by atoms with Crippen LogP contribution in [0.2, 0.25) is 0 Å². The Kier molecular flexibility index (Phi) is 3.37. The minimum absolute atomic E-state index is 0.557. The van der Waals surface area contributed by atoms with Crippen molar-refractivity contribution in [2.45, 2.75) is 25.3 Å². The molecule has 0 fully saturated rings. The molecule has 18 heavy (non-hydrogen) atoms. The summed E-state index contributed by atoms with van der Waals surface area (Å²) in [5.74, 6) is 0. The minimum Gasteiger partial charge on any atom is -0.382 e. The van der Waals surface area contributed by atoms with E-state index in [1.54, 1.807) is 0 Å². The Hall–Kier alpha value is -1.28. The molecule has 0 amide bonds. The summed E-state index contributed by atoms with van der Waals surface area (Å²) in [4.78, 5) is 0. The molecule has 1 heterocycles. The molecule has 0 radical (unpaired) electrons. The van der Waals surface area contributed by atoms with Gasteiger partial charge in [-0.1, -0.05) is 46.3 Å². The molecule has 3 rings (SSSR count). The predicted octanol–water partition coefficient (Wildman–Crippen LogP) is 4.42. The summed E-state index contributed by atoms with van der Waals surface area (Å²) in [6, 6.07) is 17.8. The average molecular weight is 302 g/mol. The summed E-state index contributed by atoms with van der Waals surface area (Å²) >= 11 is 3.48. The molecule has 0 saturated heterocycles. The largest absolute Gasteiger partial charge is 0.382 e. The van der Waals surface area contributed by atoms with Crippen molar-refractivity contribution >= 4 is 21.6 Å². The lowest BCUT2D eigenvalue weighted by molar-refractivity contribution is 0.628. The lowest BCUT2D eigenvalue weighted by Crippen LogP contribution is -2.27. The first-order valence-electron chi connectivity index (χ1n) is 6.40. The van der Waals surface area contributed by atoms with Crippen molar-refractivity contribution < 1.29 is 0 Å². The molecule has 0 aliphatic carbocycles. The van der Waals surface area contributed by atoms with Crippen molar-refractivity contribution in [3.8, 4) is 0 Å². The van der Waals surface area contributed by atoms with E-state index in [2.05, 4.69) is 69.8 Å². The second kappa shape index (κ2) is 5.15. The number of fused-ring (bicyclic) bond motifs is 1. The SMILES string of the molecule is Brc1ccc(CC2CCc3ccccc3N2)cc1. The van der Waals surface area contributed by atoms with Gasteiger partial charge in [0.15, 0.2) is 0 Å². The van der Waals surface area contributed by atoms with Crippen LogP contribution in [0.3, 0.4) is 0 Å². The topological polar surface area (TPSA) is 12.0 Å². The van der Waals surface area contributed by atoms with Gasteiger partial charge in [0.1, 0.15) is 0 Å². The lowest BCUT2D eigenvalue weighted by atomic mass is 9.94. The third kappa shape index (κ3) is 2.59. The summed E-state index contributed by atoms with van der Waals surface area (Å²) in [7, 11) is 0. The van der Waals surface area contributed by atoms with Crippen molar-refractivity contribution in [2.24, 2.45) is 0 Å². The second-order valence-electron chi connectivity index (χ2n) is 4.87. The minimum atomic E-state index is 0.557. The van der Waals surface area contributed by atoms with Crippen LogP contribution < -0.4 is 5.32 Å². The molecule has 1 N–H and O–H groups in total. The van der Waals surface area contributed by atoms with Crippen LogP contribution in [0.5, 0.6) is 0 Å². The van der Waals surface area contributed by atoms with E-state index in [4.69, 9.17) is 0 Å². The smallest absolute Gasteiger partial charge is 0.0374 e. The summed E-state index contributed by atoms with van der Waals surface area (Å²) in [6.45, 7) is 0. The molecule has 1 aliphatic rings. The van der Waals surface area contributed by atoms with Gasteiger partial charge >= 0.3 is 0 Å². The Morgan fingerprint density at radius 3 is 2.67 bits per heavy atom. The van der Waals surface area contributed by atoms with Crippen LogP contribution in [0.15, 0.2) is 53.0 Å². The Bertz CT molecular complexity index is 533. The van der Waals surface area contributed by atoms with Crippen molar-refractivity contribution in [2.75, 3.05) is 5.32 Å². The standard InChI is InChI=1S/C16H16BrN/c17-14-8-5-12(6-9-14)11-15-10-7-13-3-1-2-4-16(13)18-15/h1-6,8-9,15,18H,7,10-11H2. The number of anilines is 1. The highest BCUT2D eigenvalue weighted by Gasteiger charge is 2.17. The molecule has 0 aromatic heterocycles. The molecule has 0 saturated carbocycles. The monoisotopic (exact) mass is 301 g/mol. The fraction of sp³-hybridized carbons (Fsp3) is 0.250. The fourth-order valence-corrected chi connectivity index (χ4v) is 2.82. The molecule has 0 bridgehead atoms. The molecule has 2 aromatic rings. The second-order valence-corrected chi connectivity index (χ2v) is 5.78. The van der Waals surface area contributed by atoms with Gasteiger partial charge in [0.25, 0.3) is 0 Å².